The van der Waals surface area contributed by atoms with E-state index in [-0.39, 0.29) is 17.5 Å². The van der Waals surface area contributed by atoms with Crippen molar-refractivity contribution in [1.82, 2.24) is 5.32 Å². The number of rotatable bonds is 8. The second-order valence-corrected chi connectivity index (χ2v) is 11.3. The van der Waals surface area contributed by atoms with Crippen LogP contribution in [0.5, 0.6) is 0 Å². The third-order valence-electron chi connectivity index (χ3n) is 7.97. The van der Waals surface area contributed by atoms with Crippen LogP contribution in [0.3, 0.4) is 0 Å². The summed E-state index contributed by atoms with van der Waals surface area (Å²) in [5.74, 6) is 1.42. The van der Waals surface area contributed by atoms with E-state index in [4.69, 9.17) is 0 Å². The summed E-state index contributed by atoms with van der Waals surface area (Å²) in [5.41, 5.74) is 1.40. The lowest BCUT2D eigenvalue weighted by atomic mass is 9.80. The van der Waals surface area contributed by atoms with E-state index in [1.807, 2.05) is 36.4 Å². The second kappa shape index (κ2) is 11.3. The number of anilines is 1. The molecule has 4 nitrogen and oxygen atoms in total. The van der Waals surface area contributed by atoms with Crippen LogP contribution in [0.25, 0.3) is 10.8 Å². The number of amides is 1. The number of nitrogens with one attached hydrogen (secondary N) is 2. The molecule has 2 aliphatic rings. The van der Waals surface area contributed by atoms with E-state index in [9.17, 15) is 10.1 Å². The lowest BCUT2D eigenvalue weighted by molar-refractivity contribution is -0.124. The van der Waals surface area contributed by atoms with Crippen molar-refractivity contribution in [3.05, 3.63) is 42.0 Å². The normalized spacial score (nSPS) is 18.9. The van der Waals surface area contributed by atoms with Crippen LogP contribution < -0.4 is 10.6 Å². The molecule has 0 heterocycles. The Kier molecular flexibility index (Phi) is 8.14. The summed E-state index contributed by atoms with van der Waals surface area (Å²) < 4.78 is 0. The Morgan fingerprint density at radius 1 is 0.941 bits per heavy atom. The maximum absolute atomic E-state index is 13.7. The van der Waals surface area contributed by atoms with Crippen LogP contribution in [-0.4, -0.2) is 17.5 Å². The van der Waals surface area contributed by atoms with Crippen LogP contribution in [0.15, 0.2) is 36.4 Å². The number of benzene rings is 2. The Labute approximate surface area is 205 Å². The molecule has 2 aromatic rings. The zero-order chi connectivity index (χ0) is 24.0. The van der Waals surface area contributed by atoms with Gasteiger partial charge in [-0.05, 0) is 50.7 Å². The molecule has 2 aliphatic carbocycles. The summed E-state index contributed by atoms with van der Waals surface area (Å²) >= 11 is 0. The Balaban J connectivity index is 1.54. The fourth-order valence-electron chi connectivity index (χ4n) is 6.28. The molecule has 34 heavy (non-hydrogen) atoms. The van der Waals surface area contributed by atoms with E-state index < -0.39 is 0 Å². The smallest absolute Gasteiger partial charge is 0.242 e. The average molecular weight is 460 g/mol. The van der Waals surface area contributed by atoms with Gasteiger partial charge in [0, 0.05) is 22.0 Å². The number of nitriles is 1. The third kappa shape index (κ3) is 6.32. The zero-order valence-corrected chi connectivity index (χ0v) is 21.0. The molecule has 4 rings (SSSR count). The molecule has 0 saturated heterocycles. The molecule has 0 spiro atoms. The average Bonchev–Trinajstić information content (AvgIpc) is 2.84. The summed E-state index contributed by atoms with van der Waals surface area (Å²) in [4.78, 5) is 13.7. The van der Waals surface area contributed by atoms with Crippen LogP contribution in [-0.2, 0) is 4.79 Å². The van der Waals surface area contributed by atoms with Crippen molar-refractivity contribution in [2.75, 3.05) is 5.32 Å². The summed E-state index contributed by atoms with van der Waals surface area (Å²) in [6, 6.07) is 13.9. The van der Waals surface area contributed by atoms with Crippen LogP contribution in [0.2, 0.25) is 0 Å². The largest absolute Gasteiger partial charge is 0.373 e. The molecule has 0 bridgehead atoms. The first kappa shape index (κ1) is 24.6. The maximum Gasteiger partial charge on any atom is 0.242 e. The second-order valence-electron chi connectivity index (χ2n) is 11.3. The molecule has 0 aliphatic heterocycles. The number of carbonyl (C=O) groups is 1. The quantitative estimate of drug-likeness (QED) is 0.434. The minimum absolute atomic E-state index is 0.111. The molecule has 1 atom stereocenters. The molecule has 2 saturated carbocycles. The number of hydrogen-bond donors (Lipinski definition) is 2. The van der Waals surface area contributed by atoms with E-state index in [0.29, 0.717) is 11.5 Å². The molecule has 2 N–H and O–H groups in total. The van der Waals surface area contributed by atoms with Gasteiger partial charge in [-0.25, -0.2) is 0 Å². The molecular formula is C30H41N3O. The molecule has 0 aromatic heterocycles. The topological polar surface area (TPSA) is 64.9 Å². The van der Waals surface area contributed by atoms with E-state index >= 15 is 0 Å². The van der Waals surface area contributed by atoms with E-state index in [2.05, 4.69) is 30.6 Å². The minimum Gasteiger partial charge on any atom is -0.373 e. The molecule has 0 radical (unpaired) electrons. The highest BCUT2D eigenvalue weighted by atomic mass is 16.2. The van der Waals surface area contributed by atoms with E-state index in [0.717, 1.165) is 35.2 Å². The van der Waals surface area contributed by atoms with Gasteiger partial charge in [-0.1, -0.05) is 88.5 Å². The molecule has 0 unspecified atom stereocenters. The highest BCUT2D eigenvalue weighted by Gasteiger charge is 2.31. The van der Waals surface area contributed by atoms with Gasteiger partial charge < -0.3 is 10.6 Å². The van der Waals surface area contributed by atoms with Gasteiger partial charge in [0.15, 0.2) is 0 Å². The fourth-order valence-corrected chi connectivity index (χ4v) is 6.28. The highest BCUT2D eigenvalue weighted by molar-refractivity contribution is 5.99. The standard InChI is InChI=1S/C30H41N3O/c1-30(2,20-23-13-7-4-8-14-23)33-29(34)28(19-22-11-5-3-6-12-22)32-27-18-17-24(21-31)25-15-9-10-16-26(25)27/h9-10,15-18,22-23,28,32H,3-8,11-14,19-20H2,1-2H3,(H,33,34)/t28-/m0/s1. The first-order chi connectivity index (χ1) is 16.4. The molecule has 1 amide bonds. The van der Waals surface area contributed by atoms with Crippen LogP contribution in [0, 0.1) is 23.2 Å². The SMILES string of the molecule is CC(C)(CC1CCCCC1)NC(=O)[C@H](CC1CCCCC1)Nc1ccc(C#N)c2ccccc12. The molecule has 2 aromatic carbocycles. The summed E-state index contributed by atoms with van der Waals surface area (Å²) in [7, 11) is 0. The van der Waals surface area contributed by atoms with Crippen molar-refractivity contribution in [2.24, 2.45) is 11.8 Å². The minimum atomic E-state index is -0.273. The number of nitrogens with zero attached hydrogens (tertiary/aromatic N) is 1. The van der Waals surface area contributed by atoms with Crippen molar-refractivity contribution in [2.45, 2.75) is 102 Å². The maximum atomic E-state index is 13.7. The number of fused-ring (bicyclic) bond motifs is 1. The monoisotopic (exact) mass is 459 g/mol. The Bertz CT molecular complexity index is 1010. The molecule has 2 fully saturated rings. The fraction of sp³-hybridized carbons (Fsp3) is 0.600. The van der Waals surface area contributed by atoms with E-state index in [1.165, 1.54) is 64.2 Å². The Morgan fingerprint density at radius 2 is 1.56 bits per heavy atom. The van der Waals surface area contributed by atoms with Gasteiger partial charge in [0.2, 0.25) is 5.91 Å². The van der Waals surface area contributed by atoms with Crippen molar-refractivity contribution in [3.8, 4) is 6.07 Å². The molecule has 182 valence electrons. The van der Waals surface area contributed by atoms with Crippen LogP contribution >= 0.6 is 0 Å². The van der Waals surface area contributed by atoms with Gasteiger partial charge in [0.05, 0.1) is 11.6 Å². The lowest BCUT2D eigenvalue weighted by Gasteiger charge is -2.35. The summed E-state index contributed by atoms with van der Waals surface area (Å²) in [6.07, 6.45) is 14.8. The summed E-state index contributed by atoms with van der Waals surface area (Å²) in [6.45, 7) is 4.38. The first-order valence-corrected chi connectivity index (χ1v) is 13.5. The predicted octanol–water partition coefficient (Wildman–Crippen LogP) is 7.33. The van der Waals surface area contributed by atoms with E-state index in [1.54, 1.807) is 0 Å². The van der Waals surface area contributed by atoms with Gasteiger partial charge in [-0.2, -0.15) is 5.26 Å². The van der Waals surface area contributed by atoms with Crippen molar-refractivity contribution < 1.29 is 4.79 Å². The van der Waals surface area contributed by atoms with Crippen molar-refractivity contribution in [1.29, 1.82) is 5.26 Å². The molecule has 4 heteroatoms. The van der Waals surface area contributed by atoms with Gasteiger partial charge in [-0.15, -0.1) is 0 Å². The predicted molar refractivity (Wildman–Crippen MR) is 141 cm³/mol. The van der Waals surface area contributed by atoms with Gasteiger partial charge in [0.25, 0.3) is 0 Å². The Morgan fingerprint density at radius 3 is 2.21 bits per heavy atom. The van der Waals surface area contributed by atoms with Crippen molar-refractivity contribution >= 4 is 22.4 Å². The van der Waals surface area contributed by atoms with Crippen LogP contribution in [0.4, 0.5) is 5.69 Å². The lowest BCUT2D eigenvalue weighted by Crippen LogP contribution is -2.51. The summed E-state index contributed by atoms with van der Waals surface area (Å²) in [5, 5.41) is 18.5. The van der Waals surface area contributed by atoms with Gasteiger partial charge in [0.1, 0.15) is 6.04 Å². The van der Waals surface area contributed by atoms with Gasteiger partial charge in [-0.3, -0.25) is 4.79 Å². The first-order valence-electron chi connectivity index (χ1n) is 13.5. The number of carbonyl (C=O) groups excluding carboxylic acids is 1. The highest BCUT2D eigenvalue weighted by Crippen LogP contribution is 2.33. The molecular weight excluding hydrogens is 418 g/mol. The van der Waals surface area contributed by atoms with Crippen molar-refractivity contribution in [3.63, 3.8) is 0 Å². The van der Waals surface area contributed by atoms with Gasteiger partial charge >= 0.3 is 0 Å². The Hall–Kier alpha value is -2.54. The third-order valence-corrected chi connectivity index (χ3v) is 7.97. The zero-order valence-electron chi connectivity index (χ0n) is 21.0. The van der Waals surface area contributed by atoms with Crippen LogP contribution in [0.1, 0.15) is 96.5 Å². The number of hydrogen-bond acceptors (Lipinski definition) is 3.